The molecule has 0 saturated carbocycles. The minimum absolute atomic E-state index is 0.447. The molecular formula is C14H21NO2. The van der Waals surface area contributed by atoms with Crippen LogP contribution in [0.4, 0.5) is 0 Å². The molecule has 1 fully saturated rings. The van der Waals surface area contributed by atoms with Crippen molar-refractivity contribution in [2.24, 2.45) is 0 Å². The Bertz CT molecular complexity index is 335. The van der Waals surface area contributed by atoms with Gasteiger partial charge in [-0.3, -0.25) is 0 Å². The molecule has 0 aliphatic carbocycles. The second-order valence-corrected chi connectivity index (χ2v) is 4.38. The fourth-order valence-electron chi connectivity index (χ4n) is 2.25. The van der Waals surface area contributed by atoms with Gasteiger partial charge in [-0.1, -0.05) is 24.6 Å². The summed E-state index contributed by atoms with van der Waals surface area (Å²) in [6.45, 7) is 2.35. The smallest absolute Gasteiger partial charge is 0.124 e. The predicted octanol–water partition coefficient (Wildman–Crippen LogP) is 2.53. The Morgan fingerprint density at radius 3 is 2.88 bits per heavy atom. The Kier molecular flexibility index (Phi) is 4.83. The predicted molar refractivity (Wildman–Crippen MR) is 68.4 cm³/mol. The maximum absolute atomic E-state index is 5.77. The van der Waals surface area contributed by atoms with Gasteiger partial charge in [0.25, 0.3) is 0 Å². The first-order valence-corrected chi connectivity index (χ1v) is 6.36. The van der Waals surface area contributed by atoms with Crippen LogP contribution in [0.15, 0.2) is 24.3 Å². The van der Waals surface area contributed by atoms with Crippen LogP contribution in [0.2, 0.25) is 0 Å². The van der Waals surface area contributed by atoms with Gasteiger partial charge >= 0.3 is 0 Å². The maximum atomic E-state index is 5.77. The largest absolute Gasteiger partial charge is 0.491 e. The van der Waals surface area contributed by atoms with Crippen LogP contribution in [-0.4, -0.2) is 26.9 Å². The highest BCUT2D eigenvalue weighted by Crippen LogP contribution is 2.30. The van der Waals surface area contributed by atoms with Gasteiger partial charge in [-0.2, -0.15) is 0 Å². The monoisotopic (exact) mass is 235 g/mol. The normalized spacial score (nSPS) is 20.2. The lowest BCUT2D eigenvalue weighted by Gasteiger charge is -2.25. The molecule has 94 valence electrons. The van der Waals surface area contributed by atoms with E-state index in [9.17, 15) is 0 Å². The zero-order chi connectivity index (χ0) is 11.9. The fourth-order valence-corrected chi connectivity index (χ4v) is 2.25. The molecule has 1 aliphatic heterocycles. The number of hydrogen-bond acceptors (Lipinski definition) is 3. The third-order valence-electron chi connectivity index (χ3n) is 3.15. The lowest BCUT2D eigenvalue weighted by Crippen LogP contribution is -2.27. The molecule has 1 N–H and O–H groups in total. The van der Waals surface area contributed by atoms with Gasteiger partial charge in [-0.25, -0.2) is 0 Å². The minimum Gasteiger partial charge on any atom is -0.491 e. The molecule has 17 heavy (non-hydrogen) atoms. The van der Waals surface area contributed by atoms with Gasteiger partial charge in [-0.15, -0.1) is 0 Å². The van der Waals surface area contributed by atoms with Crippen molar-refractivity contribution in [2.75, 3.05) is 26.9 Å². The summed E-state index contributed by atoms with van der Waals surface area (Å²) in [6, 6.07) is 8.75. The summed E-state index contributed by atoms with van der Waals surface area (Å²) < 4.78 is 10.8. The van der Waals surface area contributed by atoms with E-state index in [0.717, 1.165) is 12.3 Å². The average molecular weight is 235 g/mol. The summed E-state index contributed by atoms with van der Waals surface area (Å²) in [5.74, 6) is 0.990. The number of hydrogen-bond donors (Lipinski definition) is 1. The number of benzene rings is 1. The lowest BCUT2D eigenvalue weighted by molar-refractivity contribution is 0.145. The standard InChI is InChI=1S/C14H21NO2/c1-16-10-11-17-14-8-3-2-6-12(14)13-7-4-5-9-15-13/h2-3,6,8,13,15H,4-5,7,9-11H2,1H3. The van der Waals surface area contributed by atoms with Crippen LogP contribution in [-0.2, 0) is 4.74 Å². The summed E-state index contributed by atoms with van der Waals surface area (Å²) in [7, 11) is 1.69. The average Bonchev–Trinajstić information content (AvgIpc) is 2.41. The topological polar surface area (TPSA) is 30.5 Å². The highest BCUT2D eigenvalue weighted by Gasteiger charge is 2.17. The first-order chi connectivity index (χ1) is 8.42. The molecule has 0 bridgehead atoms. The van der Waals surface area contributed by atoms with Crippen LogP contribution >= 0.6 is 0 Å². The summed E-state index contributed by atoms with van der Waals surface area (Å²) in [5, 5.41) is 3.55. The number of rotatable bonds is 5. The van der Waals surface area contributed by atoms with Gasteiger partial charge in [0, 0.05) is 18.7 Å². The van der Waals surface area contributed by atoms with E-state index in [1.165, 1.54) is 24.8 Å². The van der Waals surface area contributed by atoms with E-state index in [1.807, 2.05) is 12.1 Å². The number of nitrogens with one attached hydrogen (secondary N) is 1. The first-order valence-electron chi connectivity index (χ1n) is 6.36. The Morgan fingerprint density at radius 1 is 1.24 bits per heavy atom. The molecule has 1 atom stereocenters. The van der Waals surface area contributed by atoms with E-state index in [-0.39, 0.29) is 0 Å². The second kappa shape index (κ2) is 6.62. The summed E-state index contributed by atoms with van der Waals surface area (Å²) in [6.07, 6.45) is 3.78. The van der Waals surface area contributed by atoms with E-state index in [0.29, 0.717) is 19.3 Å². The molecule has 0 amide bonds. The van der Waals surface area contributed by atoms with Crippen molar-refractivity contribution in [3.63, 3.8) is 0 Å². The molecule has 2 rings (SSSR count). The Morgan fingerprint density at radius 2 is 2.12 bits per heavy atom. The van der Waals surface area contributed by atoms with Crippen molar-refractivity contribution in [3.05, 3.63) is 29.8 Å². The first kappa shape index (κ1) is 12.4. The number of ether oxygens (including phenoxy) is 2. The van der Waals surface area contributed by atoms with Crippen molar-refractivity contribution in [3.8, 4) is 5.75 Å². The Hall–Kier alpha value is -1.06. The third-order valence-corrected chi connectivity index (χ3v) is 3.15. The minimum atomic E-state index is 0.447. The molecule has 0 aromatic heterocycles. The van der Waals surface area contributed by atoms with Crippen LogP contribution in [0.3, 0.4) is 0 Å². The summed E-state index contributed by atoms with van der Waals surface area (Å²) in [4.78, 5) is 0. The van der Waals surface area contributed by atoms with E-state index in [1.54, 1.807) is 7.11 Å². The van der Waals surface area contributed by atoms with Crippen LogP contribution in [0.1, 0.15) is 30.9 Å². The van der Waals surface area contributed by atoms with Gasteiger partial charge in [0.2, 0.25) is 0 Å². The third kappa shape index (κ3) is 3.45. The summed E-state index contributed by atoms with van der Waals surface area (Å²) in [5.41, 5.74) is 1.28. The van der Waals surface area contributed by atoms with E-state index < -0.39 is 0 Å². The van der Waals surface area contributed by atoms with Crippen molar-refractivity contribution < 1.29 is 9.47 Å². The molecule has 3 nitrogen and oxygen atoms in total. The molecule has 1 saturated heterocycles. The van der Waals surface area contributed by atoms with E-state index >= 15 is 0 Å². The van der Waals surface area contributed by atoms with Gasteiger partial charge in [0.1, 0.15) is 12.4 Å². The van der Waals surface area contributed by atoms with Crippen LogP contribution in [0, 0.1) is 0 Å². The van der Waals surface area contributed by atoms with Gasteiger partial charge in [-0.05, 0) is 25.5 Å². The van der Waals surface area contributed by atoms with Crippen molar-refractivity contribution in [2.45, 2.75) is 25.3 Å². The molecular weight excluding hydrogens is 214 g/mol. The van der Waals surface area contributed by atoms with Gasteiger partial charge in [0.05, 0.1) is 6.61 Å². The highest BCUT2D eigenvalue weighted by atomic mass is 16.5. The molecule has 1 aromatic carbocycles. The van der Waals surface area contributed by atoms with Crippen LogP contribution < -0.4 is 10.1 Å². The van der Waals surface area contributed by atoms with Gasteiger partial charge < -0.3 is 14.8 Å². The second-order valence-electron chi connectivity index (χ2n) is 4.38. The highest BCUT2D eigenvalue weighted by molar-refractivity contribution is 5.36. The van der Waals surface area contributed by atoms with Crippen LogP contribution in [0.25, 0.3) is 0 Å². The fraction of sp³-hybridized carbons (Fsp3) is 0.571. The van der Waals surface area contributed by atoms with Crippen LogP contribution in [0.5, 0.6) is 5.75 Å². The zero-order valence-electron chi connectivity index (χ0n) is 10.4. The lowest BCUT2D eigenvalue weighted by atomic mass is 9.97. The van der Waals surface area contributed by atoms with E-state index in [2.05, 4.69) is 17.4 Å². The Labute approximate surface area is 103 Å². The molecule has 0 radical (unpaired) electrons. The van der Waals surface area contributed by atoms with Gasteiger partial charge in [0.15, 0.2) is 0 Å². The maximum Gasteiger partial charge on any atom is 0.124 e. The number of piperidine rings is 1. The molecule has 3 heteroatoms. The quantitative estimate of drug-likeness (QED) is 0.795. The molecule has 1 aliphatic rings. The SMILES string of the molecule is COCCOc1ccccc1C1CCCCN1. The molecule has 0 spiro atoms. The molecule has 1 unspecified atom stereocenters. The number of para-hydroxylation sites is 1. The molecule has 1 heterocycles. The van der Waals surface area contributed by atoms with Crippen molar-refractivity contribution in [1.82, 2.24) is 5.32 Å². The Balaban J connectivity index is 2.03. The van der Waals surface area contributed by atoms with E-state index in [4.69, 9.17) is 9.47 Å². The number of methoxy groups -OCH3 is 1. The van der Waals surface area contributed by atoms with Crippen molar-refractivity contribution >= 4 is 0 Å². The molecule has 1 aromatic rings. The zero-order valence-corrected chi connectivity index (χ0v) is 10.4. The van der Waals surface area contributed by atoms with Crippen molar-refractivity contribution in [1.29, 1.82) is 0 Å². The summed E-state index contributed by atoms with van der Waals surface area (Å²) >= 11 is 0.